The standard InChI is InChI=1S/C23H27N3O2S2/c1-17-7-8-20-21(15-17)30-23(24-20)26(10-4-9-25-11-13-28-14-12-25)22(27)18-5-3-6-19(16-18)29-2/h3,5-8,15-16H,4,9-14H2,1-2H3. The number of rotatable bonds is 7. The lowest BCUT2D eigenvalue weighted by molar-refractivity contribution is 0.0376. The average Bonchev–Trinajstić information content (AvgIpc) is 3.19. The van der Waals surface area contributed by atoms with Gasteiger partial charge in [-0.3, -0.25) is 14.6 Å². The number of morpholine rings is 1. The number of carbonyl (C=O) groups is 1. The van der Waals surface area contributed by atoms with Crippen molar-refractivity contribution >= 4 is 44.4 Å². The highest BCUT2D eigenvalue weighted by Gasteiger charge is 2.22. The third kappa shape index (κ3) is 5.03. The molecule has 1 aliphatic heterocycles. The molecule has 2 heterocycles. The van der Waals surface area contributed by atoms with Gasteiger partial charge in [0, 0.05) is 36.6 Å². The van der Waals surface area contributed by atoms with E-state index in [1.54, 1.807) is 23.1 Å². The van der Waals surface area contributed by atoms with E-state index >= 15 is 0 Å². The number of benzene rings is 2. The Kier molecular flexibility index (Phi) is 7.04. The first-order valence-corrected chi connectivity index (χ1v) is 12.3. The Hall–Kier alpha value is -1.93. The van der Waals surface area contributed by atoms with Crippen LogP contribution >= 0.6 is 23.1 Å². The van der Waals surface area contributed by atoms with E-state index in [0.717, 1.165) is 59.5 Å². The molecular formula is C23H27N3O2S2. The SMILES string of the molecule is CSc1cccc(C(=O)N(CCCN2CCOCC2)c2nc3ccc(C)cc3s2)c1. The lowest BCUT2D eigenvalue weighted by Gasteiger charge is -2.27. The summed E-state index contributed by atoms with van der Waals surface area (Å²) in [4.78, 5) is 23.6. The van der Waals surface area contributed by atoms with Crippen LogP contribution in [0.15, 0.2) is 47.4 Å². The smallest absolute Gasteiger partial charge is 0.260 e. The highest BCUT2D eigenvalue weighted by atomic mass is 32.2. The van der Waals surface area contributed by atoms with Crippen LogP contribution in [0.5, 0.6) is 0 Å². The fourth-order valence-corrected chi connectivity index (χ4v) is 5.16. The number of ether oxygens (including phenoxy) is 1. The summed E-state index contributed by atoms with van der Waals surface area (Å²) in [6.45, 7) is 7.20. The minimum atomic E-state index is 0.0173. The second-order valence-corrected chi connectivity index (χ2v) is 9.35. The van der Waals surface area contributed by atoms with E-state index < -0.39 is 0 Å². The van der Waals surface area contributed by atoms with Crippen LogP contribution in [0.4, 0.5) is 5.13 Å². The van der Waals surface area contributed by atoms with Gasteiger partial charge in [-0.05, 0) is 55.5 Å². The molecule has 2 aromatic carbocycles. The Bertz CT molecular complexity index is 1010. The van der Waals surface area contributed by atoms with Gasteiger partial charge in [0.15, 0.2) is 5.13 Å². The molecule has 5 nitrogen and oxygen atoms in total. The van der Waals surface area contributed by atoms with Gasteiger partial charge in [0.25, 0.3) is 5.91 Å². The second-order valence-electron chi connectivity index (χ2n) is 7.46. The highest BCUT2D eigenvalue weighted by Crippen LogP contribution is 2.31. The highest BCUT2D eigenvalue weighted by molar-refractivity contribution is 7.98. The summed E-state index contributed by atoms with van der Waals surface area (Å²) >= 11 is 3.24. The molecule has 7 heteroatoms. The number of hydrogen-bond donors (Lipinski definition) is 0. The molecule has 1 amide bonds. The molecule has 1 aromatic heterocycles. The van der Waals surface area contributed by atoms with Crippen LogP contribution in [0.1, 0.15) is 22.3 Å². The number of thioether (sulfide) groups is 1. The van der Waals surface area contributed by atoms with Gasteiger partial charge in [-0.25, -0.2) is 4.98 Å². The van der Waals surface area contributed by atoms with Crippen molar-refractivity contribution in [1.29, 1.82) is 0 Å². The van der Waals surface area contributed by atoms with Crippen LogP contribution in [0.3, 0.4) is 0 Å². The van der Waals surface area contributed by atoms with Crippen LogP contribution in [0.25, 0.3) is 10.2 Å². The first-order chi connectivity index (χ1) is 14.6. The van der Waals surface area contributed by atoms with Crippen LogP contribution in [0, 0.1) is 6.92 Å². The van der Waals surface area contributed by atoms with Gasteiger partial charge < -0.3 is 4.74 Å². The largest absolute Gasteiger partial charge is 0.379 e. The Morgan fingerprint density at radius 2 is 2.07 bits per heavy atom. The first-order valence-electron chi connectivity index (χ1n) is 10.3. The Labute approximate surface area is 186 Å². The molecule has 1 aliphatic rings. The van der Waals surface area contributed by atoms with Crippen LogP contribution in [0.2, 0.25) is 0 Å². The average molecular weight is 442 g/mol. The molecule has 1 saturated heterocycles. The number of hydrogen-bond acceptors (Lipinski definition) is 6. The van der Waals surface area contributed by atoms with E-state index in [1.807, 2.05) is 41.5 Å². The maximum atomic E-state index is 13.5. The van der Waals surface area contributed by atoms with Crippen molar-refractivity contribution < 1.29 is 9.53 Å². The summed E-state index contributed by atoms with van der Waals surface area (Å²) in [6, 6.07) is 14.1. The zero-order valence-electron chi connectivity index (χ0n) is 17.5. The van der Waals surface area contributed by atoms with Gasteiger partial charge in [-0.2, -0.15) is 0 Å². The summed E-state index contributed by atoms with van der Waals surface area (Å²) in [7, 11) is 0. The first kappa shape index (κ1) is 21.3. The Morgan fingerprint density at radius 1 is 1.23 bits per heavy atom. The molecule has 3 aromatic rings. The number of amides is 1. The van der Waals surface area contributed by atoms with Gasteiger partial charge >= 0.3 is 0 Å². The summed E-state index contributed by atoms with van der Waals surface area (Å²) in [6.07, 6.45) is 2.93. The quantitative estimate of drug-likeness (QED) is 0.498. The van der Waals surface area contributed by atoms with Crippen molar-refractivity contribution in [3.8, 4) is 0 Å². The van der Waals surface area contributed by atoms with Gasteiger partial charge in [0.2, 0.25) is 0 Å². The van der Waals surface area contributed by atoms with Crippen LogP contribution < -0.4 is 4.90 Å². The van der Waals surface area contributed by atoms with E-state index in [-0.39, 0.29) is 5.91 Å². The molecule has 0 atom stereocenters. The lowest BCUT2D eigenvalue weighted by Crippen LogP contribution is -2.39. The van der Waals surface area contributed by atoms with E-state index in [2.05, 4.69) is 24.0 Å². The molecule has 158 valence electrons. The zero-order chi connectivity index (χ0) is 20.9. The number of anilines is 1. The predicted molar refractivity (Wildman–Crippen MR) is 126 cm³/mol. The maximum absolute atomic E-state index is 13.5. The minimum Gasteiger partial charge on any atom is -0.379 e. The molecule has 4 rings (SSSR count). The molecule has 0 N–H and O–H groups in total. The molecule has 0 unspecified atom stereocenters. The molecule has 0 radical (unpaired) electrons. The summed E-state index contributed by atoms with van der Waals surface area (Å²) < 4.78 is 6.56. The number of carbonyl (C=O) groups excluding carboxylic acids is 1. The third-order valence-corrected chi connectivity index (χ3v) is 7.05. The van der Waals surface area contributed by atoms with Crippen molar-refractivity contribution in [2.24, 2.45) is 0 Å². The molecule has 1 fully saturated rings. The number of thiazole rings is 1. The lowest BCUT2D eigenvalue weighted by atomic mass is 10.2. The topological polar surface area (TPSA) is 45.7 Å². The summed E-state index contributed by atoms with van der Waals surface area (Å²) in [5.74, 6) is 0.0173. The molecule has 0 bridgehead atoms. The number of aromatic nitrogens is 1. The normalized spacial score (nSPS) is 14.9. The number of aryl methyl sites for hydroxylation is 1. The van der Waals surface area contributed by atoms with E-state index in [4.69, 9.17) is 9.72 Å². The molecule has 0 aliphatic carbocycles. The summed E-state index contributed by atoms with van der Waals surface area (Å²) in [5, 5.41) is 0.775. The fraction of sp³-hybridized carbons (Fsp3) is 0.391. The van der Waals surface area contributed by atoms with E-state index in [0.29, 0.717) is 12.1 Å². The molecular weight excluding hydrogens is 414 g/mol. The molecule has 0 saturated carbocycles. The van der Waals surface area contributed by atoms with Crippen LogP contribution in [-0.4, -0.2) is 61.4 Å². The third-order valence-electron chi connectivity index (χ3n) is 5.29. The van der Waals surface area contributed by atoms with Crippen molar-refractivity contribution in [3.63, 3.8) is 0 Å². The van der Waals surface area contributed by atoms with Gasteiger partial charge in [-0.15, -0.1) is 11.8 Å². The van der Waals surface area contributed by atoms with Gasteiger partial charge in [0.1, 0.15) is 0 Å². The van der Waals surface area contributed by atoms with Crippen molar-refractivity contribution in [2.75, 3.05) is 50.5 Å². The van der Waals surface area contributed by atoms with Gasteiger partial charge in [0.05, 0.1) is 23.4 Å². The summed E-state index contributed by atoms with van der Waals surface area (Å²) in [5.41, 5.74) is 2.86. The predicted octanol–water partition coefficient (Wildman–Crippen LogP) is 4.70. The van der Waals surface area contributed by atoms with Crippen molar-refractivity contribution in [1.82, 2.24) is 9.88 Å². The van der Waals surface area contributed by atoms with E-state index in [9.17, 15) is 4.79 Å². The van der Waals surface area contributed by atoms with Crippen LogP contribution in [-0.2, 0) is 4.74 Å². The van der Waals surface area contributed by atoms with Crippen molar-refractivity contribution in [3.05, 3.63) is 53.6 Å². The molecule has 30 heavy (non-hydrogen) atoms. The van der Waals surface area contributed by atoms with E-state index in [1.165, 1.54) is 5.56 Å². The maximum Gasteiger partial charge on any atom is 0.260 e. The number of fused-ring (bicyclic) bond motifs is 1. The second kappa shape index (κ2) is 9.92. The zero-order valence-corrected chi connectivity index (χ0v) is 19.1. The molecule has 0 spiro atoms. The number of nitrogens with zero attached hydrogens (tertiary/aromatic N) is 3. The van der Waals surface area contributed by atoms with Crippen molar-refractivity contribution in [2.45, 2.75) is 18.2 Å². The Morgan fingerprint density at radius 3 is 2.87 bits per heavy atom. The minimum absolute atomic E-state index is 0.0173. The Balaban J connectivity index is 1.58. The monoisotopic (exact) mass is 441 g/mol. The van der Waals surface area contributed by atoms with Gasteiger partial charge in [-0.1, -0.05) is 23.5 Å². The fourth-order valence-electron chi connectivity index (χ4n) is 3.61.